The molecule has 1 aliphatic heterocycles. The van der Waals surface area contributed by atoms with Gasteiger partial charge in [0.15, 0.2) is 9.84 Å². The van der Waals surface area contributed by atoms with Crippen LogP contribution in [0.5, 0.6) is 0 Å². The third kappa shape index (κ3) is 3.86. The van der Waals surface area contributed by atoms with Crippen LogP contribution >= 0.6 is 11.3 Å². The van der Waals surface area contributed by atoms with Crippen LogP contribution in [0.3, 0.4) is 0 Å². The highest BCUT2D eigenvalue weighted by Gasteiger charge is 2.25. The van der Waals surface area contributed by atoms with E-state index in [0.29, 0.717) is 13.0 Å². The molecule has 0 bridgehead atoms. The maximum Gasteiger partial charge on any atom is 0.153 e. The quantitative estimate of drug-likeness (QED) is 0.864. The van der Waals surface area contributed by atoms with Crippen molar-refractivity contribution in [2.45, 2.75) is 25.8 Å². The Kier molecular flexibility index (Phi) is 4.14. The first-order valence-electron chi connectivity index (χ1n) is 5.81. The molecular weight excluding hydrogens is 272 g/mol. The first kappa shape index (κ1) is 13.6. The molecule has 2 rings (SSSR count). The number of aryl methyl sites for hydroxylation is 1. The zero-order valence-electron chi connectivity index (χ0n) is 10.2. The topological polar surface area (TPSA) is 76.1 Å². The number of rotatable bonds is 4. The smallest absolute Gasteiger partial charge is 0.153 e. The molecule has 1 aliphatic rings. The van der Waals surface area contributed by atoms with Gasteiger partial charge in [-0.2, -0.15) is 0 Å². The van der Waals surface area contributed by atoms with Gasteiger partial charge in [0, 0.05) is 30.8 Å². The molecule has 0 aromatic carbocycles. The molecule has 5 nitrogen and oxygen atoms in total. The summed E-state index contributed by atoms with van der Waals surface area (Å²) in [4.78, 5) is 16.1. The SMILES string of the molecule is Cc1nc(CC(=O)CC2CS(=O)(=O)CCN2)cs1. The van der Waals surface area contributed by atoms with Gasteiger partial charge in [-0.3, -0.25) is 4.79 Å². The fourth-order valence-corrected chi connectivity index (χ4v) is 4.09. The van der Waals surface area contributed by atoms with E-state index in [1.54, 1.807) is 0 Å². The van der Waals surface area contributed by atoms with Crippen molar-refractivity contribution in [3.8, 4) is 0 Å². The van der Waals surface area contributed by atoms with Crippen molar-refractivity contribution in [1.82, 2.24) is 10.3 Å². The van der Waals surface area contributed by atoms with Crippen molar-refractivity contribution in [3.63, 3.8) is 0 Å². The highest BCUT2D eigenvalue weighted by atomic mass is 32.2. The Morgan fingerprint density at radius 1 is 1.61 bits per heavy atom. The number of hydrogen-bond donors (Lipinski definition) is 1. The fourth-order valence-electron chi connectivity index (χ4n) is 2.04. The normalized spacial score (nSPS) is 22.8. The van der Waals surface area contributed by atoms with Gasteiger partial charge in [-0.25, -0.2) is 13.4 Å². The number of sulfone groups is 1. The molecule has 1 aromatic heterocycles. The van der Waals surface area contributed by atoms with Crippen LogP contribution in [0.25, 0.3) is 0 Å². The standard InChI is InChI=1S/C11H16N2O3S2/c1-8-13-9(6-17-8)4-11(14)5-10-7-18(15,16)3-2-12-10/h6,10,12H,2-5,7H2,1H3. The Labute approximate surface area is 111 Å². The van der Waals surface area contributed by atoms with E-state index in [4.69, 9.17) is 0 Å². The Bertz CT molecular complexity index is 536. The third-order valence-corrected chi connectivity index (χ3v) is 5.38. The molecular formula is C11H16N2O3S2. The average molecular weight is 288 g/mol. The Morgan fingerprint density at radius 3 is 3.00 bits per heavy atom. The predicted molar refractivity (Wildman–Crippen MR) is 70.6 cm³/mol. The summed E-state index contributed by atoms with van der Waals surface area (Å²) in [6.07, 6.45) is 0.554. The molecule has 1 unspecified atom stereocenters. The summed E-state index contributed by atoms with van der Waals surface area (Å²) >= 11 is 1.52. The highest BCUT2D eigenvalue weighted by molar-refractivity contribution is 7.91. The molecule has 18 heavy (non-hydrogen) atoms. The van der Waals surface area contributed by atoms with E-state index in [-0.39, 0.29) is 29.8 Å². The predicted octanol–water partition coefficient (Wildman–Crippen LogP) is 0.340. The number of thiazole rings is 1. The van der Waals surface area contributed by atoms with E-state index >= 15 is 0 Å². The lowest BCUT2D eigenvalue weighted by Crippen LogP contribution is -2.46. The van der Waals surface area contributed by atoms with Crippen LogP contribution in [0.2, 0.25) is 0 Å². The molecule has 1 fully saturated rings. The number of ketones is 1. The van der Waals surface area contributed by atoms with E-state index in [0.717, 1.165) is 10.7 Å². The number of hydrogen-bond acceptors (Lipinski definition) is 6. The summed E-state index contributed by atoms with van der Waals surface area (Å²) in [5.41, 5.74) is 0.779. The van der Waals surface area contributed by atoms with Crippen LogP contribution in [-0.4, -0.2) is 43.3 Å². The van der Waals surface area contributed by atoms with Gasteiger partial charge in [0.25, 0.3) is 0 Å². The molecule has 1 N–H and O–H groups in total. The minimum absolute atomic E-state index is 0.0369. The number of Topliss-reactive ketones (excluding diaryl/α,β-unsaturated/α-hetero) is 1. The molecule has 1 atom stereocenters. The van der Waals surface area contributed by atoms with E-state index in [1.165, 1.54) is 11.3 Å². The third-order valence-electron chi connectivity index (χ3n) is 2.82. The van der Waals surface area contributed by atoms with E-state index in [9.17, 15) is 13.2 Å². The molecule has 0 radical (unpaired) electrons. The summed E-state index contributed by atoms with van der Waals surface area (Å²) in [7, 11) is -2.97. The molecule has 1 saturated heterocycles. The van der Waals surface area contributed by atoms with Crippen molar-refractivity contribution >= 4 is 27.0 Å². The van der Waals surface area contributed by atoms with Crippen LogP contribution in [0.4, 0.5) is 0 Å². The van der Waals surface area contributed by atoms with Gasteiger partial charge in [0.2, 0.25) is 0 Å². The second kappa shape index (κ2) is 5.46. The second-order valence-corrected chi connectivity index (χ2v) is 7.83. The van der Waals surface area contributed by atoms with E-state index in [2.05, 4.69) is 10.3 Å². The molecule has 0 amide bonds. The number of aromatic nitrogens is 1. The van der Waals surface area contributed by atoms with E-state index < -0.39 is 9.84 Å². The van der Waals surface area contributed by atoms with Crippen molar-refractivity contribution in [2.75, 3.05) is 18.1 Å². The maximum absolute atomic E-state index is 11.8. The van der Waals surface area contributed by atoms with Gasteiger partial charge in [0.1, 0.15) is 5.78 Å². The number of nitrogens with one attached hydrogen (secondary N) is 1. The summed E-state index contributed by atoms with van der Waals surface area (Å²) < 4.78 is 22.9. The number of carbonyl (C=O) groups excluding carboxylic acids is 1. The lowest BCUT2D eigenvalue weighted by atomic mass is 10.1. The first-order chi connectivity index (χ1) is 8.44. The van der Waals surface area contributed by atoms with Crippen LogP contribution in [0.1, 0.15) is 17.1 Å². The zero-order valence-corrected chi connectivity index (χ0v) is 11.8. The molecule has 2 heterocycles. The summed E-state index contributed by atoms with van der Waals surface area (Å²) in [5.74, 6) is 0.271. The lowest BCUT2D eigenvalue weighted by molar-refractivity contribution is -0.118. The Hall–Kier alpha value is -0.790. The summed E-state index contributed by atoms with van der Waals surface area (Å²) in [6, 6.07) is -0.240. The molecule has 0 saturated carbocycles. The Balaban J connectivity index is 1.88. The molecule has 0 spiro atoms. The average Bonchev–Trinajstić information content (AvgIpc) is 2.62. The van der Waals surface area contributed by atoms with Crippen LogP contribution in [0, 0.1) is 6.92 Å². The second-order valence-electron chi connectivity index (χ2n) is 4.54. The van der Waals surface area contributed by atoms with Gasteiger partial charge in [-0.1, -0.05) is 0 Å². The van der Waals surface area contributed by atoms with Gasteiger partial charge in [-0.15, -0.1) is 11.3 Å². The van der Waals surface area contributed by atoms with Gasteiger partial charge in [-0.05, 0) is 6.92 Å². The molecule has 1 aromatic rings. The highest BCUT2D eigenvalue weighted by Crippen LogP contribution is 2.11. The molecule has 7 heteroatoms. The monoisotopic (exact) mass is 288 g/mol. The summed E-state index contributed by atoms with van der Waals surface area (Å²) in [6.45, 7) is 2.34. The van der Waals surface area contributed by atoms with Gasteiger partial charge >= 0.3 is 0 Å². The fraction of sp³-hybridized carbons (Fsp3) is 0.636. The Morgan fingerprint density at radius 2 is 2.39 bits per heavy atom. The van der Waals surface area contributed by atoms with Gasteiger partial charge in [0.05, 0.1) is 22.2 Å². The van der Waals surface area contributed by atoms with Crippen LogP contribution < -0.4 is 5.32 Å². The minimum atomic E-state index is -2.97. The van der Waals surface area contributed by atoms with Crippen molar-refractivity contribution in [3.05, 3.63) is 16.1 Å². The summed E-state index contributed by atoms with van der Waals surface area (Å²) in [5, 5.41) is 5.89. The van der Waals surface area contributed by atoms with Gasteiger partial charge < -0.3 is 5.32 Å². The van der Waals surface area contributed by atoms with Crippen LogP contribution in [0.15, 0.2) is 5.38 Å². The largest absolute Gasteiger partial charge is 0.312 e. The first-order valence-corrected chi connectivity index (χ1v) is 8.51. The number of nitrogens with zero attached hydrogens (tertiary/aromatic N) is 1. The van der Waals surface area contributed by atoms with E-state index in [1.807, 2.05) is 12.3 Å². The molecule has 100 valence electrons. The molecule has 0 aliphatic carbocycles. The zero-order chi connectivity index (χ0) is 13.2. The van der Waals surface area contributed by atoms with Crippen molar-refractivity contribution in [1.29, 1.82) is 0 Å². The number of carbonyl (C=O) groups is 1. The van der Waals surface area contributed by atoms with Crippen LogP contribution in [-0.2, 0) is 21.1 Å². The lowest BCUT2D eigenvalue weighted by Gasteiger charge is -2.22. The minimum Gasteiger partial charge on any atom is -0.312 e. The van der Waals surface area contributed by atoms with Crippen molar-refractivity contribution in [2.24, 2.45) is 0 Å². The van der Waals surface area contributed by atoms with Crippen molar-refractivity contribution < 1.29 is 13.2 Å². The maximum atomic E-state index is 11.8.